The van der Waals surface area contributed by atoms with Gasteiger partial charge in [0.25, 0.3) is 0 Å². The van der Waals surface area contributed by atoms with Crippen LogP contribution in [0.2, 0.25) is 0 Å². The minimum absolute atomic E-state index is 0.426. The normalized spacial score (nSPS) is 11.0. The average molecular weight is 331 g/mol. The van der Waals surface area contributed by atoms with Gasteiger partial charge in [-0.05, 0) is 24.6 Å². The SMILES string of the molecule is Cc1nc(Nc2nc(-c3ccccc3CN)nc3ccccc23)n[nH]1. The van der Waals surface area contributed by atoms with Crippen molar-refractivity contribution in [3.8, 4) is 11.4 Å². The Kier molecular flexibility index (Phi) is 3.83. The third kappa shape index (κ3) is 2.92. The van der Waals surface area contributed by atoms with Crippen molar-refractivity contribution in [3.05, 3.63) is 59.9 Å². The van der Waals surface area contributed by atoms with Gasteiger partial charge in [0.1, 0.15) is 11.6 Å². The van der Waals surface area contributed by atoms with Crippen LogP contribution < -0.4 is 11.1 Å². The Morgan fingerprint density at radius 2 is 1.80 bits per heavy atom. The summed E-state index contributed by atoms with van der Waals surface area (Å²) in [6.45, 7) is 2.27. The van der Waals surface area contributed by atoms with Crippen molar-refractivity contribution in [2.75, 3.05) is 5.32 Å². The number of fused-ring (bicyclic) bond motifs is 1. The molecule has 4 aromatic rings. The number of H-pyrrole nitrogens is 1. The Balaban J connectivity index is 1.89. The summed E-state index contributed by atoms with van der Waals surface area (Å²) < 4.78 is 0. The number of nitrogens with two attached hydrogens (primary N) is 1. The number of para-hydroxylation sites is 1. The average Bonchev–Trinajstić information content (AvgIpc) is 3.06. The molecule has 4 N–H and O–H groups in total. The number of aromatic nitrogens is 5. The summed E-state index contributed by atoms with van der Waals surface area (Å²) in [5.74, 6) is 2.48. The molecule has 4 rings (SSSR count). The largest absolute Gasteiger partial charge is 0.326 e. The van der Waals surface area contributed by atoms with E-state index in [9.17, 15) is 0 Å². The summed E-state index contributed by atoms with van der Waals surface area (Å²) >= 11 is 0. The monoisotopic (exact) mass is 331 g/mol. The van der Waals surface area contributed by atoms with E-state index in [1.54, 1.807) is 0 Å². The van der Waals surface area contributed by atoms with Gasteiger partial charge in [-0.3, -0.25) is 5.10 Å². The first-order valence-electron chi connectivity index (χ1n) is 7.96. The van der Waals surface area contributed by atoms with Crippen LogP contribution >= 0.6 is 0 Å². The number of nitrogens with zero attached hydrogens (tertiary/aromatic N) is 4. The summed E-state index contributed by atoms with van der Waals surface area (Å²) in [4.78, 5) is 13.7. The highest BCUT2D eigenvalue weighted by Gasteiger charge is 2.13. The van der Waals surface area contributed by atoms with Gasteiger partial charge in [0.2, 0.25) is 5.95 Å². The van der Waals surface area contributed by atoms with Crippen molar-refractivity contribution in [2.24, 2.45) is 5.73 Å². The lowest BCUT2D eigenvalue weighted by Crippen LogP contribution is -2.03. The van der Waals surface area contributed by atoms with Gasteiger partial charge in [0, 0.05) is 17.5 Å². The first-order chi connectivity index (χ1) is 12.2. The highest BCUT2D eigenvalue weighted by molar-refractivity contribution is 5.91. The zero-order valence-electron chi connectivity index (χ0n) is 13.7. The number of aryl methyl sites for hydroxylation is 1. The smallest absolute Gasteiger partial charge is 0.247 e. The fourth-order valence-electron chi connectivity index (χ4n) is 2.71. The number of anilines is 2. The number of nitrogens with one attached hydrogen (secondary N) is 2. The van der Waals surface area contributed by atoms with Crippen LogP contribution in [0.3, 0.4) is 0 Å². The number of aromatic amines is 1. The molecule has 0 aliphatic carbocycles. The third-order valence-electron chi connectivity index (χ3n) is 3.91. The van der Waals surface area contributed by atoms with Crippen LogP contribution in [0.25, 0.3) is 22.3 Å². The predicted molar refractivity (Wildman–Crippen MR) is 97.3 cm³/mol. The molecular formula is C18H17N7. The van der Waals surface area contributed by atoms with E-state index < -0.39 is 0 Å². The summed E-state index contributed by atoms with van der Waals surface area (Å²) in [6, 6.07) is 15.7. The molecule has 124 valence electrons. The van der Waals surface area contributed by atoms with Crippen LogP contribution in [-0.4, -0.2) is 25.1 Å². The van der Waals surface area contributed by atoms with Crippen LogP contribution in [0.1, 0.15) is 11.4 Å². The van der Waals surface area contributed by atoms with Crippen LogP contribution in [-0.2, 0) is 6.54 Å². The first kappa shape index (κ1) is 15.2. The van der Waals surface area contributed by atoms with E-state index >= 15 is 0 Å². The maximum absolute atomic E-state index is 5.87. The zero-order chi connectivity index (χ0) is 17.2. The fourth-order valence-corrected chi connectivity index (χ4v) is 2.71. The van der Waals surface area contributed by atoms with Crippen LogP contribution in [0.5, 0.6) is 0 Å². The lowest BCUT2D eigenvalue weighted by Gasteiger charge is -2.11. The summed E-state index contributed by atoms with van der Waals surface area (Å²) in [7, 11) is 0. The Morgan fingerprint density at radius 1 is 1.00 bits per heavy atom. The minimum Gasteiger partial charge on any atom is -0.326 e. The maximum atomic E-state index is 5.87. The summed E-state index contributed by atoms with van der Waals surface area (Å²) in [5.41, 5.74) is 8.63. The standard InChI is InChI=1S/C18H17N7/c1-11-20-18(25-24-11)23-17-14-8-4-5-9-15(14)21-16(22-17)13-7-3-2-6-12(13)10-19/h2-9H,10,19H2,1H3,(H2,20,21,22,23,24,25). The molecule has 0 saturated heterocycles. The van der Waals surface area contributed by atoms with Gasteiger partial charge < -0.3 is 11.1 Å². The molecule has 7 heteroatoms. The number of benzene rings is 2. The zero-order valence-corrected chi connectivity index (χ0v) is 13.7. The lowest BCUT2D eigenvalue weighted by atomic mass is 10.1. The fraction of sp³-hybridized carbons (Fsp3) is 0.111. The number of rotatable bonds is 4. The molecule has 0 bridgehead atoms. The Morgan fingerprint density at radius 3 is 2.60 bits per heavy atom. The van der Waals surface area contributed by atoms with E-state index in [0.29, 0.717) is 24.1 Å². The van der Waals surface area contributed by atoms with Crippen molar-refractivity contribution >= 4 is 22.7 Å². The van der Waals surface area contributed by atoms with Gasteiger partial charge in [0.15, 0.2) is 5.82 Å². The van der Waals surface area contributed by atoms with Gasteiger partial charge >= 0.3 is 0 Å². The minimum atomic E-state index is 0.426. The summed E-state index contributed by atoms with van der Waals surface area (Å²) in [6.07, 6.45) is 0. The van der Waals surface area contributed by atoms with E-state index in [4.69, 9.17) is 15.7 Å². The van der Waals surface area contributed by atoms with Crippen LogP contribution in [0, 0.1) is 6.92 Å². The third-order valence-corrected chi connectivity index (χ3v) is 3.91. The maximum Gasteiger partial charge on any atom is 0.247 e. The Hall–Kier alpha value is -3.32. The molecule has 2 aromatic carbocycles. The molecule has 0 saturated carbocycles. The second-order valence-electron chi connectivity index (χ2n) is 5.64. The van der Waals surface area contributed by atoms with Crippen molar-refractivity contribution in [1.82, 2.24) is 25.1 Å². The molecule has 2 aromatic heterocycles. The molecule has 0 spiro atoms. The molecule has 0 radical (unpaired) electrons. The Bertz CT molecular complexity index is 1040. The molecule has 2 heterocycles. The molecule has 7 nitrogen and oxygen atoms in total. The van der Waals surface area contributed by atoms with Gasteiger partial charge in [0.05, 0.1) is 5.52 Å². The lowest BCUT2D eigenvalue weighted by molar-refractivity contribution is 1.04. The predicted octanol–water partition coefficient (Wildman–Crippen LogP) is 2.93. The van der Waals surface area contributed by atoms with E-state index in [-0.39, 0.29) is 0 Å². The first-order valence-corrected chi connectivity index (χ1v) is 7.96. The summed E-state index contributed by atoms with van der Waals surface area (Å²) in [5, 5.41) is 11.0. The van der Waals surface area contributed by atoms with Crippen molar-refractivity contribution in [3.63, 3.8) is 0 Å². The second-order valence-corrected chi connectivity index (χ2v) is 5.64. The highest BCUT2D eigenvalue weighted by Crippen LogP contribution is 2.27. The second kappa shape index (κ2) is 6.29. The molecular weight excluding hydrogens is 314 g/mol. The number of hydrogen-bond acceptors (Lipinski definition) is 6. The molecule has 25 heavy (non-hydrogen) atoms. The molecule has 0 aliphatic rings. The van der Waals surface area contributed by atoms with E-state index in [0.717, 1.165) is 27.9 Å². The Labute approximate surface area is 144 Å². The van der Waals surface area contributed by atoms with Crippen molar-refractivity contribution < 1.29 is 0 Å². The van der Waals surface area contributed by atoms with E-state index in [1.807, 2.05) is 55.5 Å². The van der Waals surface area contributed by atoms with Gasteiger partial charge in [-0.2, -0.15) is 4.98 Å². The molecule has 0 atom stereocenters. The quantitative estimate of drug-likeness (QED) is 0.531. The van der Waals surface area contributed by atoms with Crippen molar-refractivity contribution in [1.29, 1.82) is 0 Å². The topological polar surface area (TPSA) is 105 Å². The van der Waals surface area contributed by atoms with Gasteiger partial charge in [-0.15, -0.1) is 5.10 Å². The molecule has 0 unspecified atom stereocenters. The van der Waals surface area contributed by atoms with E-state index in [2.05, 4.69) is 20.5 Å². The highest BCUT2D eigenvalue weighted by atomic mass is 15.3. The molecule has 0 amide bonds. The molecule has 0 fully saturated rings. The van der Waals surface area contributed by atoms with Crippen LogP contribution in [0.4, 0.5) is 11.8 Å². The van der Waals surface area contributed by atoms with Gasteiger partial charge in [-0.25, -0.2) is 9.97 Å². The van der Waals surface area contributed by atoms with Crippen LogP contribution in [0.15, 0.2) is 48.5 Å². The van der Waals surface area contributed by atoms with E-state index in [1.165, 1.54) is 0 Å². The van der Waals surface area contributed by atoms with Crippen molar-refractivity contribution in [2.45, 2.75) is 13.5 Å². The molecule has 0 aliphatic heterocycles. The number of hydrogen-bond donors (Lipinski definition) is 3. The van der Waals surface area contributed by atoms with Gasteiger partial charge in [-0.1, -0.05) is 36.4 Å².